The Hall–Kier alpha value is -0.870. The van der Waals surface area contributed by atoms with Gasteiger partial charge in [-0.3, -0.25) is 9.69 Å². The highest BCUT2D eigenvalue weighted by Crippen LogP contribution is 2.56. The minimum absolute atomic E-state index is 0.0651. The summed E-state index contributed by atoms with van der Waals surface area (Å²) in [6.07, 6.45) is 3.31. The third kappa shape index (κ3) is 1.25. The fourth-order valence-corrected chi connectivity index (χ4v) is 5.18. The maximum Gasteiger partial charge on any atom is 0.314 e. The standard InChI is InChI=1S/C14H17NO2S/c16-13-14(5-7-17-13)10(11-3-2-8-18-11)9-15-6-1-4-12(14)15/h2-3,8,10,12H,1,4-7,9H2/t10-,12+,14-/m0/s1. The number of hydrogen-bond donors (Lipinski definition) is 0. The Bertz CT molecular complexity index is 472. The predicted octanol–water partition coefficient (Wildman–Crippen LogP) is 2.24. The number of thiophene rings is 1. The normalized spacial score (nSPS) is 39.4. The monoisotopic (exact) mass is 263 g/mol. The molecule has 3 fully saturated rings. The number of cyclic esters (lactones) is 1. The van der Waals surface area contributed by atoms with Crippen LogP contribution in [-0.4, -0.2) is 36.6 Å². The molecule has 0 unspecified atom stereocenters. The second-order valence-electron chi connectivity index (χ2n) is 5.65. The van der Waals surface area contributed by atoms with Gasteiger partial charge in [-0.25, -0.2) is 0 Å². The highest BCUT2D eigenvalue weighted by molar-refractivity contribution is 7.10. The predicted molar refractivity (Wildman–Crippen MR) is 69.7 cm³/mol. The maximum absolute atomic E-state index is 12.4. The van der Waals surface area contributed by atoms with Gasteiger partial charge in [-0.15, -0.1) is 11.3 Å². The molecule has 3 aliphatic rings. The first-order valence-electron chi connectivity index (χ1n) is 6.77. The van der Waals surface area contributed by atoms with Crippen LogP contribution in [0.25, 0.3) is 0 Å². The fourth-order valence-electron chi connectivity index (χ4n) is 4.26. The molecule has 96 valence electrons. The summed E-state index contributed by atoms with van der Waals surface area (Å²) in [4.78, 5) is 16.3. The van der Waals surface area contributed by atoms with Gasteiger partial charge in [0.1, 0.15) is 0 Å². The summed E-state index contributed by atoms with van der Waals surface area (Å²) in [5, 5.41) is 2.12. The molecule has 0 saturated carbocycles. The Morgan fingerprint density at radius 2 is 2.44 bits per heavy atom. The molecule has 4 heteroatoms. The zero-order chi connectivity index (χ0) is 12.2. The lowest BCUT2D eigenvalue weighted by Crippen LogP contribution is -2.41. The zero-order valence-electron chi connectivity index (χ0n) is 10.3. The van der Waals surface area contributed by atoms with E-state index in [0.29, 0.717) is 18.6 Å². The van der Waals surface area contributed by atoms with Crippen LogP contribution in [0, 0.1) is 5.41 Å². The van der Waals surface area contributed by atoms with E-state index in [9.17, 15) is 4.79 Å². The van der Waals surface area contributed by atoms with Gasteiger partial charge in [-0.2, -0.15) is 0 Å². The lowest BCUT2D eigenvalue weighted by molar-refractivity contribution is -0.147. The molecule has 0 N–H and O–H groups in total. The topological polar surface area (TPSA) is 29.5 Å². The van der Waals surface area contributed by atoms with Crippen LogP contribution in [0.5, 0.6) is 0 Å². The second kappa shape index (κ2) is 3.81. The van der Waals surface area contributed by atoms with Gasteiger partial charge in [0.25, 0.3) is 0 Å². The van der Waals surface area contributed by atoms with Crippen molar-refractivity contribution in [1.82, 2.24) is 4.90 Å². The van der Waals surface area contributed by atoms with E-state index in [0.717, 1.165) is 25.9 Å². The van der Waals surface area contributed by atoms with E-state index in [4.69, 9.17) is 4.74 Å². The molecule has 3 saturated heterocycles. The zero-order valence-corrected chi connectivity index (χ0v) is 11.1. The molecule has 1 aromatic heterocycles. The fraction of sp³-hybridized carbons (Fsp3) is 0.643. The van der Waals surface area contributed by atoms with Gasteiger partial charge < -0.3 is 4.74 Å². The molecule has 4 heterocycles. The smallest absolute Gasteiger partial charge is 0.314 e. The van der Waals surface area contributed by atoms with Gasteiger partial charge >= 0.3 is 5.97 Å². The van der Waals surface area contributed by atoms with E-state index in [1.807, 2.05) is 0 Å². The van der Waals surface area contributed by atoms with Crippen LogP contribution >= 0.6 is 11.3 Å². The van der Waals surface area contributed by atoms with E-state index in [1.165, 1.54) is 11.3 Å². The summed E-state index contributed by atoms with van der Waals surface area (Å²) < 4.78 is 5.37. The minimum atomic E-state index is -0.235. The number of fused-ring (bicyclic) bond motifs is 2. The van der Waals surface area contributed by atoms with E-state index in [-0.39, 0.29) is 11.4 Å². The van der Waals surface area contributed by atoms with Crippen molar-refractivity contribution in [2.45, 2.75) is 31.2 Å². The molecule has 0 amide bonds. The van der Waals surface area contributed by atoms with Gasteiger partial charge in [-0.1, -0.05) is 6.07 Å². The molecular weight excluding hydrogens is 246 g/mol. The van der Waals surface area contributed by atoms with E-state index < -0.39 is 0 Å². The number of esters is 1. The highest BCUT2D eigenvalue weighted by atomic mass is 32.1. The molecule has 0 radical (unpaired) electrons. The van der Waals surface area contributed by atoms with Gasteiger partial charge in [0.15, 0.2) is 0 Å². The summed E-state index contributed by atoms with van der Waals surface area (Å²) in [6, 6.07) is 4.71. The average Bonchev–Trinajstić information content (AvgIpc) is 3.09. The van der Waals surface area contributed by atoms with Crippen molar-refractivity contribution < 1.29 is 9.53 Å². The first-order valence-corrected chi connectivity index (χ1v) is 7.65. The highest BCUT2D eigenvalue weighted by Gasteiger charge is 2.63. The van der Waals surface area contributed by atoms with Gasteiger partial charge in [0.2, 0.25) is 0 Å². The van der Waals surface area contributed by atoms with Crippen LogP contribution < -0.4 is 0 Å². The number of ether oxygens (including phenoxy) is 1. The van der Waals surface area contributed by atoms with Crippen molar-refractivity contribution in [3.63, 3.8) is 0 Å². The maximum atomic E-state index is 12.4. The molecule has 3 nitrogen and oxygen atoms in total. The molecule has 18 heavy (non-hydrogen) atoms. The van der Waals surface area contributed by atoms with Crippen LogP contribution in [0.2, 0.25) is 0 Å². The van der Waals surface area contributed by atoms with E-state index in [1.54, 1.807) is 11.3 Å². The second-order valence-corrected chi connectivity index (χ2v) is 6.63. The average molecular weight is 263 g/mol. The van der Waals surface area contributed by atoms with Gasteiger partial charge in [-0.05, 0) is 37.3 Å². The molecule has 3 aliphatic heterocycles. The van der Waals surface area contributed by atoms with E-state index >= 15 is 0 Å². The largest absolute Gasteiger partial charge is 0.465 e. The summed E-state index contributed by atoms with van der Waals surface area (Å²) in [6.45, 7) is 2.81. The van der Waals surface area contributed by atoms with Crippen molar-refractivity contribution in [2.24, 2.45) is 5.41 Å². The Labute approximate surface area is 111 Å². The minimum Gasteiger partial charge on any atom is -0.465 e. The number of carbonyl (C=O) groups is 1. The number of carbonyl (C=O) groups excluding carboxylic acids is 1. The lowest BCUT2D eigenvalue weighted by Gasteiger charge is -2.30. The summed E-state index contributed by atoms with van der Waals surface area (Å²) in [5.41, 5.74) is -0.235. The molecule has 0 aromatic carbocycles. The molecule has 4 rings (SSSR count). The van der Waals surface area contributed by atoms with Crippen LogP contribution in [0.15, 0.2) is 17.5 Å². The number of nitrogens with zero attached hydrogens (tertiary/aromatic N) is 1. The third-order valence-electron chi connectivity index (χ3n) is 5.01. The van der Waals surface area contributed by atoms with Crippen LogP contribution in [0.4, 0.5) is 0 Å². The van der Waals surface area contributed by atoms with Crippen molar-refractivity contribution in [1.29, 1.82) is 0 Å². The summed E-state index contributed by atoms with van der Waals surface area (Å²) in [5.74, 6) is 0.424. The quantitative estimate of drug-likeness (QED) is 0.728. The Morgan fingerprint density at radius 1 is 1.50 bits per heavy atom. The Kier molecular flexibility index (Phi) is 2.33. The Morgan fingerprint density at radius 3 is 3.17 bits per heavy atom. The molecular formula is C14H17NO2S. The van der Waals surface area contributed by atoms with Gasteiger partial charge in [0, 0.05) is 23.4 Å². The first kappa shape index (κ1) is 11.0. The van der Waals surface area contributed by atoms with Crippen molar-refractivity contribution in [2.75, 3.05) is 19.7 Å². The molecule has 1 aromatic rings. The first-order chi connectivity index (χ1) is 8.82. The summed E-state index contributed by atoms with van der Waals surface area (Å²) in [7, 11) is 0. The van der Waals surface area contributed by atoms with Crippen molar-refractivity contribution in [3.8, 4) is 0 Å². The molecule has 3 atom stereocenters. The van der Waals surface area contributed by atoms with E-state index in [2.05, 4.69) is 22.4 Å². The van der Waals surface area contributed by atoms with Crippen molar-refractivity contribution >= 4 is 17.3 Å². The molecule has 0 bridgehead atoms. The molecule has 1 spiro atoms. The molecule has 0 aliphatic carbocycles. The summed E-state index contributed by atoms with van der Waals surface area (Å²) >= 11 is 1.79. The van der Waals surface area contributed by atoms with Crippen LogP contribution in [0.3, 0.4) is 0 Å². The number of hydrogen-bond acceptors (Lipinski definition) is 4. The van der Waals surface area contributed by atoms with Crippen LogP contribution in [-0.2, 0) is 9.53 Å². The third-order valence-corrected chi connectivity index (χ3v) is 6.00. The SMILES string of the molecule is O=C1OCC[C@@]12[C@H](c1cccs1)CN1CCC[C@@H]12. The van der Waals surface area contributed by atoms with Crippen molar-refractivity contribution in [3.05, 3.63) is 22.4 Å². The lowest BCUT2D eigenvalue weighted by atomic mass is 9.70. The Balaban J connectivity index is 1.81. The van der Waals surface area contributed by atoms with Crippen LogP contribution in [0.1, 0.15) is 30.1 Å². The number of rotatable bonds is 1. The van der Waals surface area contributed by atoms with Gasteiger partial charge in [0.05, 0.1) is 12.0 Å².